The Morgan fingerprint density at radius 1 is 1.28 bits per heavy atom. The molecule has 2 rings (SSSR count). The summed E-state index contributed by atoms with van der Waals surface area (Å²) in [6, 6.07) is 3.54. The number of nitrogens with zero attached hydrogens (tertiary/aromatic N) is 1. The summed E-state index contributed by atoms with van der Waals surface area (Å²) in [5.41, 5.74) is 0.195. The van der Waals surface area contributed by atoms with Crippen LogP contribution in [0.5, 0.6) is 0 Å². The summed E-state index contributed by atoms with van der Waals surface area (Å²) in [5.74, 6) is -1.73. The third kappa shape index (κ3) is 2.39. The van der Waals surface area contributed by atoms with Crippen molar-refractivity contribution >= 4 is 45.1 Å². The van der Waals surface area contributed by atoms with E-state index >= 15 is 0 Å². The van der Waals surface area contributed by atoms with Crippen LogP contribution in [-0.2, 0) is 0 Å². The fourth-order valence-corrected chi connectivity index (χ4v) is 2.61. The number of halogens is 4. The second-order valence-corrected chi connectivity index (χ2v) is 5.17. The van der Waals surface area contributed by atoms with E-state index in [-0.39, 0.29) is 21.4 Å². The van der Waals surface area contributed by atoms with Gasteiger partial charge in [0.15, 0.2) is 0 Å². The molecule has 0 spiro atoms. The van der Waals surface area contributed by atoms with Crippen molar-refractivity contribution in [2.45, 2.75) is 0 Å². The third-order valence-electron chi connectivity index (χ3n) is 2.23. The molecule has 1 aromatic carbocycles. The highest BCUT2D eigenvalue weighted by Crippen LogP contribution is 2.32. The van der Waals surface area contributed by atoms with Crippen molar-refractivity contribution in [2.24, 2.45) is 0 Å². The summed E-state index contributed by atoms with van der Waals surface area (Å²) < 4.78 is 14.9. The van der Waals surface area contributed by atoms with Crippen molar-refractivity contribution in [3.8, 4) is 5.69 Å². The van der Waals surface area contributed by atoms with E-state index in [1.807, 2.05) is 0 Å². The second-order valence-electron chi connectivity index (χ2n) is 3.44. The molecule has 0 atom stereocenters. The lowest BCUT2D eigenvalue weighted by molar-refractivity contribution is 0.0688. The predicted octanol–water partition coefficient (Wildman–Crippen LogP) is 4.38. The minimum Gasteiger partial charge on any atom is -0.477 e. The molecule has 0 radical (unpaired) electrons. The van der Waals surface area contributed by atoms with Gasteiger partial charge >= 0.3 is 5.97 Å². The maximum Gasteiger partial charge on any atom is 0.352 e. The summed E-state index contributed by atoms with van der Waals surface area (Å²) in [6.45, 7) is 0. The number of aromatic nitrogens is 1. The highest BCUT2D eigenvalue weighted by Gasteiger charge is 2.18. The smallest absolute Gasteiger partial charge is 0.352 e. The predicted molar refractivity (Wildman–Crippen MR) is 70.4 cm³/mol. The Bertz CT molecular complexity index is 619. The molecule has 0 aliphatic carbocycles. The van der Waals surface area contributed by atoms with Crippen LogP contribution in [0.1, 0.15) is 10.5 Å². The minimum atomic E-state index is -1.14. The molecule has 1 N–H and O–H groups in total. The van der Waals surface area contributed by atoms with E-state index in [4.69, 9.17) is 28.3 Å². The Labute approximate surface area is 120 Å². The number of carboxylic acid groups (broad SMARTS) is 1. The standard InChI is InChI=1S/C11H5BrCl2FNO2/c12-5-1-9(11(17)18)16(4-5)10-7(13)2-6(15)3-8(10)14/h1-4H,(H,17,18). The molecular formula is C11H5BrCl2FNO2. The number of carbonyl (C=O) groups is 1. The Kier molecular flexibility index (Phi) is 3.66. The largest absolute Gasteiger partial charge is 0.477 e. The topological polar surface area (TPSA) is 42.2 Å². The SMILES string of the molecule is O=C(O)c1cc(Br)cn1-c1c(Cl)cc(F)cc1Cl. The molecule has 1 heterocycles. The van der Waals surface area contributed by atoms with Gasteiger partial charge < -0.3 is 9.67 Å². The number of hydrogen-bond donors (Lipinski definition) is 1. The summed E-state index contributed by atoms with van der Waals surface area (Å²) in [4.78, 5) is 11.1. The minimum absolute atomic E-state index is 0.0303. The van der Waals surface area contributed by atoms with Crippen molar-refractivity contribution < 1.29 is 14.3 Å². The van der Waals surface area contributed by atoms with E-state index < -0.39 is 11.8 Å². The van der Waals surface area contributed by atoms with E-state index in [0.29, 0.717) is 4.47 Å². The van der Waals surface area contributed by atoms with E-state index in [1.54, 1.807) is 0 Å². The molecule has 0 aliphatic rings. The van der Waals surface area contributed by atoms with E-state index in [0.717, 1.165) is 12.1 Å². The molecule has 0 saturated heterocycles. The van der Waals surface area contributed by atoms with E-state index in [1.165, 1.54) is 16.8 Å². The highest BCUT2D eigenvalue weighted by molar-refractivity contribution is 9.10. The average Bonchev–Trinajstić information content (AvgIpc) is 2.58. The Balaban J connectivity index is 2.73. The van der Waals surface area contributed by atoms with E-state index in [2.05, 4.69) is 15.9 Å². The zero-order valence-electron chi connectivity index (χ0n) is 8.62. The summed E-state index contributed by atoms with van der Waals surface area (Å²) in [7, 11) is 0. The maximum atomic E-state index is 13.1. The lowest BCUT2D eigenvalue weighted by Gasteiger charge is -2.10. The molecule has 0 amide bonds. The molecule has 0 fully saturated rings. The van der Waals surface area contributed by atoms with Crippen LogP contribution in [0, 0.1) is 5.82 Å². The van der Waals surface area contributed by atoms with Gasteiger partial charge in [0.2, 0.25) is 0 Å². The molecule has 0 bridgehead atoms. The first-order valence-corrected chi connectivity index (χ1v) is 6.21. The van der Waals surface area contributed by atoms with Crippen molar-refractivity contribution in [1.82, 2.24) is 4.57 Å². The molecule has 18 heavy (non-hydrogen) atoms. The van der Waals surface area contributed by atoms with Gasteiger partial charge in [0, 0.05) is 10.7 Å². The molecule has 3 nitrogen and oxygen atoms in total. The van der Waals surface area contributed by atoms with Gasteiger partial charge in [-0.1, -0.05) is 23.2 Å². The summed E-state index contributed by atoms with van der Waals surface area (Å²) in [6.07, 6.45) is 1.49. The molecule has 1 aromatic heterocycles. The van der Waals surface area contributed by atoms with Gasteiger partial charge in [0.25, 0.3) is 0 Å². The normalized spacial score (nSPS) is 10.7. The quantitative estimate of drug-likeness (QED) is 0.871. The highest BCUT2D eigenvalue weighted by atomic mass is 79.9. The Morgan fingerprint density at radius 3 is 2.33 bits per heavy atom. The fourth-order valence-electron chi connectivity index (χ4n) is 1.54. The molecule has 0 saturated carbocycles. The van der Waals surface area contributed by atoms with Gasteiger partial charge in [-0.05, 0) is 34.1 Å². The molecule has 7 heteroatoms. The van der Waals surface area contributed by atoms with Crippen LogP contribution in [0.15, 0.2) is 28.9 Å². The Hall–Kier alpha value is -1.04. The zero-order chi connectivity index (χ0) is 13.4. The van der Waals surface area contributed by atoms with Crippen LogP contribution < -0.4 is 0 Å². The van der Waals surface area contributed by atoms with Crippen LogP contribution in [0.2, 0.25) is 10.0 Å². The van der Waals surface area contributed by atoms with Gasteiger partial charge in [0.05, 0.1) is 15.7 Å². The van der Waals surface area contributed by atoms with Crippen LogP contribution in [0.3, 0.4) is 0 Å². The Morgan fingerprint density at radius 2 is 1.83 bits per heavy atom. The third-order valence-corrected chi connectivity index (χ3v) is 3.24. The molecule has 94 valence electrons. The van der Waals surface area contributed by atoms with Gasteiger partial charge in [-0.25, -0.2) is 9.18 Å². The lowest BCUT2D eigenvalue weighted by Crippen LogP contribution is -2.06. The fraction of sp³-hybridized carbons (Fsp3) is 0. The average molecular weight is 353 g/mol. The second kappa shape index (κ2) is 4.91. The zero-order valence-corrected chi connectivity index (χ0v) is 11.7. The first-order valence-electron chi connectivity index (χ1n) is 4.66. The van der Waals surface area contributed by atoms with E-state index in [9.17, 15) is 9.18 Å². The number of benzene rings is 1. The maximum absolute atomic E-state index is 13.1. The van der Waals surface area contributed by atoms with Crippen LogP contribution >= 0.6 is 39.1 Å². The summed E-state index contributed by atoms with van der Waals surface area (Å²) >= 11 is 15.0. The van der Waals surface area contributed by atoms with Gasteiger partial charge in [0.1, 0.15) is 11.5 Å². The van der Waals surface area contributed by atoms with Crippen molar-refractivity contribution in [2.75, 3.05) is 0 Å². The number of hydrogen-bond acceptors (Lipinski definition) is 1. The molecular weight excluding hydrogens is 348 g/mol. The molecule has 0 aliphatic heterocycles. The summed E-state index contributed by atoms with van der Waals surface area (Å²) in [5, 5.41) is 9.14. The number of aromatic carboxylic acids is 1. The van der Waals surface area contributed by atoms with Crippen molar-refractivity contribution in [3.05, 3.63) is 50.4 Å². The van der Waals surface area contributed by atoms with Gasteiger partial charge in [-0.2, -0.15) is 0 Å². The van der Waals surface area contributed by atoms with Crippen LogP contribution in [0.4, 0.5) is 4.39 Å². The lowest BCUT2D eigenvalue weighted by atomic mass is 10.3. The van der Waals surface area contributed by atoms with Gasteiger partial charge in [-0.3, -0.25) is 0 Å². The van der Waals surface area contributed by atoms with Gasteiger partial charge in [-0.15, -0.1) is 0 Å². The number of rotatable bonds is 2. The number of carboxylic acids is 1. The van der Waals surface area contributed by atoms with Crippen LogP contribution in [0.25, 0.3) is 5.69 Å². The molecule has 2 aromatic rings. The first kappa shape index (κ1) is 13.4. The monoisotopic (exact) mass is 351 g/mol. The first-order chi connectivity index (χ1) is 8.40. The van der Waals surface area contributed by atoms with Crippen molar-refractivity contribution in [1.29, 1.82) is 0 Å². The van der Waals surface area contributed by atoms with Crippen molar-refractivity contribution in [3.63, 3.8) is 0 Å². The van der Waals surface area contributed by atoms with Crippen LogP contribution in [-0.4, -0.2) is 15.6 Å². The molecule has 0 unspecified atom stereocenters.